The molecule has 0 atom stereocenters. The molecule has 0 amide bonds. The topological polar surface area (TPSA) is 49.4 Å². The zero-order valence-corrected chi connectivity index (χ0v) is 12.3. The molecule has 106 valence electrons. The van der Waals surface area contributed by atoms with E-state index in [1.165, 1.54) is 25.7 Å². The molecule has 0 aromatic rings. The molecule has 0 bridgehead atoms. The molecule has 4 nitrogen and oxygen atoms in total. The van der Waals surface area contributed by atoms with Crippen LogP contribution in [0.25, 0.3) is 0 Å². The van der Waals surface area contributed by atoms with E-state index in [-0.39, 0.29) is 0 Å². The van der Waals surface area contributed by atoms with Gasteiger partial charge in [0.15, 0.2) is 9.84 Å². The smallest absolute Gasteiger partial charge is 0.152 e. The Balaban J connectivity index is 1.89. The third-order valence-corrected chi connectivity index (χ3v) is 6.02. The van der Waals surface area contributed by atoms with Crippen LogP contribution in [0.5, 0.6) is 0 Å². The van der Waals surface area contributed by atoms with Crippen LogP contribution in [-0.4, -0.2) is 57.5 Å². The summed E-state index contributed by atoms with van der Waals surface area (Å²) >= 11 is 0. The van der Waals surface area contributed by atoms with Crippen LogP contribution in [0.2, 0.25) is 0 Å². The molecule has 0 aromatic carbocycles. The minimum Gasteiger partial charge on any atom is -0.316 e. The van der Waals surface area contributed by atoms with Gasteiger partial charge in [0, 0.05) is 26.2 Å². The lowest BCUT2D eigenvalue weighted by Gasteiger charge is -2.37. The second-order valence-corrected chi connectivity index (χ2v) is 8.22. The molecule has 1 aliphatic carbocycles. The fourth-order valence-electron chi connectivity index (χ4n) is 3.29. The average molecular weight is 274 g/mol. The third-order valence-electron chi connectivity index (χ3n) is 4.41. The second-order valence-electron chi connectivity index (χ2n) is 5.92. The fraction of sp³-hybridized carbons (Fsp3) is 1.00. The van der Waals surface area contributed by atoms with Gasteiger partial charge in [-0.05, 0) is 24.8 Å². The highest BCUT2D eigenvalue weighted by atomic mass is 32.2. The standard InChI is InChI=1S/C13H26N2O2S/c1-2-14-11-13(5-3-4-6-13)12-15-7-9-18(16,17)10-8-15/h14H,2-12H2,1H3. The molecule has 0 unspecified atom stereocenters. The van der Waals surface area contributed by atoms with Crippen LogP contribution < -0.4 is 5.32 Å². The summed E-state index contributed by atoms with van der Waals surface area (Å²) in [6.07, 6.45) is 5.25. The van der Waals surface area contributed by atoms with E-state index in [9.17, 15) is 8.42 Å². The lowest BCUT2D eigenvalue weighted by Crippen LogP contribution is -2.48. The normalized spacial score (nSPS) is 27.4. The lowest BCUT2D eigenvalue weighted by molar-refractivity contribution is 0.157. The number of nitrogens with one attached hydrogen (secondary N) is 1. The van der Waals surface area contributed by atoms with Crippen molar-refractivity contribution < 1.29 is 8.42 Å². The third kappa shape index (κ3) is 3.68. The average Bonchev–Trinajstić information content (AvgIpc) is 2.79. The Labute approximate surface area is 111 Å². The maximum absolute atomic E-state index is 11.4. The molecule has 1 heterocycles. The van der Waals surface area contributed by atoms with Crippen molar-refractivity contribution in [3.05, 3.63) is 0 Å². The first-order chi connectivity index (χ1) is 8.55. The van der Waals surface area contributed by atoms with E-state index in [1.807, 2.05) is 0 Å². The molecule has 2 fully saturated rings. The van der Waals surface area contributed by atoms with Crippen molar-refractivity contribution in [2.24, 2.45) is 5.41 Å². The molecule has 2 rings (SSSR count). The Bertz CT molecular complexity index is 347. The van der Waals surface area contributed by atoms with Crippen LogP contribution in [0.15, 0.2) is 0 Å². The molecule has 1 aliphatic heterocycles. The predicted octanol–water partition coefficient (Wildman–Crippen LogP) is 0.887. The minimum atomic E-state index is -2.74. The van der Waals surface area contributed by atoms with Gasteiger partial charge in [-0.15, -0.1) is 0 Å². The molecule has 1 saturated heterocycles. The van der Waals surface area contributed by atoms with Gasteiger partial charge >= 0.3 is 0 Å². The summed E-state index contributed by atoms with van der Waals surface area (Å²) in [5.41, 5.74) is 0.400. The van der Waals surface area contributed by atoms with Crippen LogP contribution in [0.4, 0.5) is 0 Å². The fourth-order valence-corrected chi connectivity index (χ4v) is 4.57. The van der Waals surface area contributed by atoms with Crippen molar-refractivity contribution in [2.75, 3.05) is 44.2 Å². The number of sulfone groups is 1. The Morgan fingerprint density at radius 3 is 2.33 bits per heavy atom. The van der Waals surface area contributed by atoms with E-state index >= 15 is 0 Å². The Hall–Kier alpha value is -0.130. The van der Waals surface area contributed by atoms with E-state index in [2.05, 4.69) is 17.1 Å². The first-order valence-corrected chi connectivity index (χ1v) is 9.01. The van der Waals surface area contributed by atoms with Crippen LogP contribution in [0, 0.1) is 5.41 Å². The molecule has 0 spiro atoms. The zero-order valence-electron chi connectivity index (χ0n) is 11.5. The van der Waals surface area contributed by atoms with Gasteiger partial charge < -0.3 is 10.2 Å². The van der Waals surface area contributed by atoms with E-state index in [0.29, 0.717) is 16.9 Å². The molecular weight excluding hydrogens is 248 g/mol. The molecule has 0 radical (unpaired) electrons. The highest BCUT2D eigenvalue weighted by Gasteiger charge is 2.36. The molecular formula is C13H26N2O2S. The van der Waals surface area contributed by atoms with Gasteiger partial charge in [0.05, 0.1) is 11.5 Å². The molecule has 18 heavy (non-hydrogen) atoms. The van der Waals surface area contributed by atoms with Gasteiger partial charge in [-0.3, -0.25) is 0 Å². The second kappa shape index (κ2) is 5.88. The van der Waals surface area contributed by atoms with Crippen LogP contribution in [0.1, 0.15) is 32.6 Å². The van der Waals surface area contributed by atoms with Crippen molar-refractivity contribution >= 4 is 9.84 Å². The number of nitrogens with zero attached hydrogens (tertiary/aromatic N) is 1. The van der Waals surface area contributed by atoms with Crippen molar-refractivity contribution in [3.8, 4) is 0 Å². The van der Waals surface area contributed by atoms with E-state index in [0.717, 1.165) is 32.7 Å². The van der Waals surface area contributed by atoms with Crippen molar-refractivity contribution in [1.82, 2.24) is 10.2 Å². The summed E-state index contributed by atoms with van der Waals surface area (Å²) < 4.78 is 22.9. The number of hydrogen-bond donors (Lipinski definition) is 1. The lowest BCUT2D eigenvalue weighted by atomic mass is 9.85. The zero-order chi connectivity index (χ0) is 13.1. The summed E-state index contributed by atoms with van der Waals surface area (Å²) in [6.45, 7) is 6.81. The maximum atomic E-state index is 11.4. The molecule has 2 aliphatic rings. The van der Waals surface area contributed by atoms with Crippen LogP contribution >= 0.6 is 0 Å². The monoisotopic (exact) mass is 274 g/mol. The van der Waals surface area contributed by atoms with Crippen molar-refractivity contribution in [3.63, 3.8) is 0 Å². The van der Waals surface area contributed by atoms with Gasteiger partial charge in [-0.1, -0.05) is 19.8 Å². The molecule has 1 N–H and O–H groups in total. The summed E-state index contributed by atoms with van der Waals surface area (Å²) in [4.78, 5) is 2.36. The van der Waals surface area contributed by atoms with Crippen molar-refractivity contribution in [1.29, 1.82) is 0 Å². The van der Waals surface area contributed by atoms with Crippen LogP contribution in [0.3, 0.4) is 0 Å². The highest BCUT2D eigenvalue weighted by Crippen LogP contribution is 2.38. The largest absolute Gasteiger partial charge is 0.316 e. The van der Waals surface area contributed by atoms with E-state index in [4.69, 9.17) is 0 Å². The Morgan fingerprint density at radius 2 is 1.78 bits per heavy atom. The van der Waals surface area contributed by atoms with Gasteiger partial charge in [0.2, 0.25) is 0 Å². The van der Waals surface area contributed by atoms with Gasteiger partial charge in [-0.2, -0.15) is 0 Å². The molecule has 5 heteroatoms. The molecule has 0 aromatic heterocycles. The van der Waals surface area contributed by atoms with E-state index in [1.54, 1.807) is 0 Å². The summed E-state index contributed by atoms with van der Waals surface area (Å²) in [7, 11) is -2.74. The molecule has 1 saturated carbocycles. The highest BCUT2D eigenvalue weighted by molar-refractivity contribution is 7.91. The van der Waals surface area contributed by atoms with Gasteiger partial charge in [0.25, 0.3) is 0 Å². The first-order valence-electron chi connectivity index (χ1n) is 7.19. The minimum absolute atomic E-state index is 0.351. The predicted molar refractivity (Wildman–Crippen MR) is 74.5 cm³/mol. The summed E-state index contributed by atoms with van der Waals surface area (Å²) in [5, 5.41) is 3.49. The van der Waals surface area contributed by atoms with Gasteiger partial charge in [-0.25, -0.2) is 8.42 Å². The number of rotatable bonds is 5. The summed E-state index contributed by atoms with van der Waals surface area (Å²) in [5.74, 6) is 0.703. The summed E-state index contributed by atoms with van der Waals surface area (Å²) in [6, 6.07) is 0. The van der Waals surface area contributed by atoms with Crippen molar-refractivity contribution in [2.45, 2.75) is 32.6 Å². The Morgan fingerprint density at radius 1 is 1.17 bits per heavy atom. The van der Waals surface area contributed by atoms with Crippen LogP contribution in [-0.2, 0) is 9.84 Å². The number of hydrogen-bond acceptors (Lipinski definition) is 4. The SMILES string of the molecule is CCNCC1(CN2CCS(=O)(=O)CC2)CCCC1. The van der Waals surface area contributed by atoms with Gasteiger partial charge in [0.1, 0.15) is 0 Å². The first kappa shape index (κ1) is 14.3. The quantitative estimate of drug-likeness (QED) is 0.809. The Kier molecular flexibility index (Phi) is 4.67. The maximum Gasteiger partial charge on any atom is 0.152 e. The van der Waals surface area contributed by atoms with E-state index < -0.39 is 9.84 Å².